The Labute approximate surface area is 82.5 Å². The Bertz CT molecular complexity index is 329. The van der Waals surface area contributed by atoms with Gasteiger partial charge in [-0.25, -0.2) is 0 Å². The summed E-state index contributed by atoms with van der Waals surface area (Å²) in [5.74, 6) is 1.32. The van der Waals surface area contributed by atoms with Crippen molar-refractivity contribution in [1.29, 1.82) is 0 Å². The normalized spacial score (nSPS) is 16.4. The zero-order chi connectivity index (χ0) is 9.97. The fourth-order valence-electron chi connectivity index (χ4n) is 1.45. The number of hydrogen-bond donors (Lipinski definition) is 2. The van der Waals surface area contributed by atoms with Crippen LogP contribution in [-0.4, -0.2) is 28.8 Å². The van der Waals surface area contributed by atoms with Gasteiger partial charge in [-0.05, 0) is 19.0 Å². The lowest BCUT2D eigenvalue weighted by Crippen LogP contribution is -2.43. The van der Waals surface area contributed by atoms with E-state index in [2.05, 4.69) is 15.7 Å². The monoisotopic (exact) mass is 194 g/mol. The smallest absolute Gasteiger partial charge is 0.225 e. The zero-order valence-electron chi connectivity index (χ0n) is 8.16. The molecule has 0 radical (unpaired) electrons. The molecule has 76 valence electrons. The summed E-state index contributed by atoms with van der Waals surface area (Å²) in [5.41, 5.74) is 0. The van der Waals surface area contributed by atoms with Crippen molar-refractivity contribution in [2.24, 2.45) is 13.0 Å². The lowest BCUT2D eigenvalue weighted by molar-refractivity contribution is -0.117. The Balaban J connectivity index is 1.84. The first-order valence-corrected chi connectivity index (χ1v) is 4.74. The van der Waals surface area contributed by atoms with Crippen LogP contribution >= 0.6 is 0 Å². The molecular weight excluding hydrogens is 180 g/mol. The summed E-state index contributed by atoms with van der Waals surface area (Å²) in [6, 6.07) is 1.79. The number of nitrogens with zero attached hydrogens (tertiary/aromatic N) is 2. The van der Waals surface area contributed by atoms with Crippen LogP contribution in [0.3, 0.4) is 0 Å². The van der Waals surface area contributed by atoms with Crippen LogP contribution in [0.25, 0.3) is 0 Å². The van der Waals surface area contributed by atoms with Crippen molar-refractivity contribution in [3.63, 3.8) is 0 Å². The molecule has 5 nitrogen and oxygen atoms in total. The van der Waals surface area contributed by atoms with Crippen LogP contribution in [0, 0.1) is 5.92 Å². The molecule has 1 fully saturated rings. The van der Waals surface area contributed by atoms with Crippen molar-refractivity contribution in [2.45, 2.75) is 6.42 Å². The number of nitrogens with one attached hydrogen (secondary N) is 2. The van der Waals surface area contributed by atoms with E-state index in [0.29, 0.717) is 12.3 Å². The number of aromatic nitrogens is 2. The van der Waals surface area contributed by atoms with E-state index in [9.17, 15) is 4.79 Å². The number of anilines is 1. The van der Waals surface area contributed by atoms with Gasteiger partial charge in [-0.2, -0.15) is 5.10 Å². The summed E-state index contributed by atoms with van der Waals surface area (Å²) in [6.45, 7) is 1.91. The Morgan fingerprint density at radius 1 is 1.79 bits per heavy atom. The van der Waals surface area contributed by atoms with Gasteiger partial charge in [0.1, 0.15) is 5.82 Å². The van der Waals surface area contributed by atoms with Crippen molar-refractivity contribution in [2.75, 3.05) is 18.4 Å². The third-order valence-electron chi connectivity index (χ3n) is 2.43. The van der Waals surface area contributed by atoms with Crippen molar-refractivity contribution in [3.8, 4) is 0 Å². The molecular formula is C9H14N4O. The second-order valence-corrected chi connectivity index (χ2v) is 3.62. The largest absolute Gasteiger partial charge is 0.316 e. The Kier molecular flexibility index (Phi) is 2.49. The first-order valence-electron chi connectivity index (χ1n) is 4.74. The third-order valence-corrected chi connectivity index (χ3v) is 2.43. The van der Waals surface area contributed by atoms with Gasteiger partial charge in [-0.3, -0.25) is 9.48 Å². The van der Waals surface area contributed by atoms with E-state index < -0.39 is 0 Å². The summed E-state index contributed by atoms with van der Waals surface area (Å²) in [7, 11) is 1.81. The summed E-state index contributed by atoms with van der Waals surface area (Å²) >= 11 is 0. The highest BCUT2D eigenvalue weighted by Crippen LogP contribution is 2.10. The highest BCUT2D eigenvalue weighted by Gasteiger charge is 2.20. The molecule has 0 bridgehead atoms. The molecule has 1 saturated heterocycles. The average Bonchev–Trinajstić information content (AvgIpc) is 2.45. The number of amides is 1. The molecule has 1 aromatic rings. The minimum atomic E-state index is 0.0695. The van der Waals surface area contributed by atoms with E-state index in [1.165, 1.54) is 0 Å². The van der Waals surface area contributed by atoms with Gasteiger partial charge in [0, 0.05) is 19.5 Å². The maximum atomic E-state index is 11.5. The molecule has 1 aromatic heterocycles. The van der Waals surface area contributed by atoms with E-state index in [0.717, 1.165) is 18.9 Å². The van der Waals surface area contributed by atoms with Crippen molar-refractivity contribution in [3.05, 3.63) is 12.3 Å². The van der Waals surface area contributed by atoms with E-state index in [1.54, 1.807) is 24.0 Å². The Morgan fingerprint density at radius 2 is 2.57 bits per heavy atom. The van der Waals surface area contributed by atoms with Crippen LogP contribution in [0.1, 0.15) is 6.42 Å². The number of hydrogen-bond acceptors (Lipinski definition) is 3. The third kappa shape index (κ3) is 1.93. The van der Waals surface area contributed by atoms with Gasteiger partial charge < -0.3 is 10.6 Å². The van der Waals surface area contributed by atoms with Crippen molar-refractivity contribution >= 4 is 11.7 Å². The molecule has 0 atom stereocenters. The van der Waals surface area contributed by atoms with Gasteiger partial charge in [-0.1, -0.05) is 0 Å². The maximum Gasteiger partial charge on any atom is 0.225 e. The standard InChI is InChI=1S/C9H14N4O/c1-13-8(2-3-11-13)12-9(14)4-7-5-10-6-7/h2-3,7,10H,4-6H2,1H3,(H,12,14). The average molecular weight is 194 g/mol. The fraction of sp³-hybridized carbons (Fsp3) is 0.556. The minimum Gasteiger partial charge on any atom is -0.316 e. The molecule has 0 saturated carbocycles. The predicted molar refractivity (Wildman–Crippen MR) is 52.8 cm³/mol. The molecule has 2 N–H and O–H groups in total. The topological polar surface area (TPSA) is 59.0 Å². The molecule has 0 unspecified atom stereocenters. The predicted octanol–water partition coefficient (Wildman–Crippen LogP) is -0.0319. The lowest BCUT2D eigenvalue weighted by atomic mass is 9.99. The highest BCUT2D eigenvalue weighted by molar-refractivity contribution is 5.90. The Morgan fingerprint density at radius 3 is 3.07 bits per heavy atom. The number of carbonyl (C=O) groups excluding carboxylic acids is 1. The number of rotatable bonds is 3. The molecule has 2 rings (SSSR count). The van der Waals surface area contributed by atoms with Crippen LogP contribution < -0.4 is 10.6 Å². The van der Waals surface area contributed by atoms with Gasteiger partial charge in [-0.15, -0.1) is 0 Å². The molecule has 5 heteroatoms. The zero-order valence-corrected chi connectivity index (χ0v) is 8.16. The lowest BCUT2D eigenvalue weighted by Gasteiger charge is -2.26. The quantitative estimate of drug-likeness (QED) is 0.710. The Hall–Kier alpha value is -1.36. The second kappa shape index (κ2) is 3.79. The van der Waals surface area contributed by atoms with Crippen LogP contribution in [0.2, 0.25) is 0 Å². The molecule has 0 aliphatic carbocycles. The summed E-state index contributed by atoms with van der Waals surface area (Å²) in [4.78, 5) is 11.5. The molecule has 1 amide bonds. The first-order chi connectivity index (χ1) is 6.75. The summed E-state index contributed by atoms with van der Waals surface area (Å²) < 4.78 is 1.65. The first kappa shape index (κ1) is 9.21. The molecule has 0 spiro atoms. The van der Waals surface area contributed by atoms with Gasteiger partial charge in [0.15, 0.2) is 0 Å². The molecule has 0 aromatic carbocycles. The summed E-state index contributed by atoms with van der Waals surface area (Å²) in [5, 5.41) is 9.93. The second-order valence-electron chi connectivity index (χ2n) is 3.62. The van der Waals surface area contributed by atoms with E-state index in [-0.39, 0.29) is 5.91 Å². The van der Waals surface area contributed by atoms with Crippen molar-refractivity contribution < 1.29 is 4.79 Å². The van der Waals surface area contributed by atoms with Gasteiger partial charge in [0.05, 0.1) is 6.20 Å². The van der Waals surface area contributed by atoms with Crippen LogP contribution in [0.5, 0.6) is 0 Å². The number of carbonyl (C=O) groups is 1. The van der Waals surface area contributed by atoms with Crippen LogP contribution in [-0.2, 0) is 11.8 Å². The van der Waals surface area contributed by atoms with Gasteiger partial charge in [0.25, 0.3) is 0 Å². The van der Waals surface area contributed by atoms with E-state index in [4.69, 9.17) is 0 Å². The van der Waals surface area contributed by atoms with Crippen molar-refractivity contribution in [1.82, 2.24) is 15.1 Å². The molecule has 14 heavy (non-hydrogen) atoms. The molecule has 1 aliphatic heterocycles. The van der Waals surface area contributed by atoms with E-state index >= 15 is 0 Å². The van der Waals surface area contributed by atoms with E-state index in [1.807, 2.05) is 0 Å². The number of aryl methyl sites for hydroxylation is 1. The summed E-state index contributed by atoms with van der Waals surface area (Å²) in [6.07, 6.45) is 2.26. The highest BCUT2D eigenvalue weighted by atomic mass is 16.1. The fourth-order valence-corrected chi connectivity index (χ4v) is 1.45. The van der Waals surface area contributed by atoms with Crippen LogP contribution in [0.4, 0.5) is 5.82 Å². The SMILES string of the molecule is Cn1nccc1NC(=O)CC1CNC1. The van der Waals surface area contributed by atoms with Crippen LogP contribution in [0.15, 0.2) is 12.3 Å². The van der Waals surface area contributed by atoms with Gasteiger partial charge >= 0.3 is 0 Å². The minimum absolute atomic E-state index is 0.0695. The van der Waals surface area contributed by atoms with Gasteiger partial charge in [0.2, 0.25) is 5.91 Å². The molecule has 1 aliphatic rings. The molecule has 2 heterocycles. The maximum absolute atomic E-state index is 11.5.